The number of aryl methyl sites for hydroxylation is 1. The Morgan fingerprint density at radius 3 is 2.47 bits per heavy atom. The minimum absolute atomic E-state index is 0.694. The highest BCUT2D eigenvalue weighted by Crippen LogP contribution is 2.06. The number of aliphatic imine (C=N–C) groups is 2. The maximum atomic E-state index is 4.47. The van der Waals surface area contributed by atoms with Gasteiger partial charge in [0.2, 0.25) is 0 Å². The van der Waals surface area contributed by atoms with Gasteiger partial charge >= 0.3 is 0 Å². The smallest absolute Gasteiger partial charge is 0.0640 e. The van der Waals surface area contributed by atoms with E-state index in [1.54, 1.807) is 7.05 Å². The minimum atomic E-state index is 0.694. The van der Waals surface area contributed by atoms with Crippen molar-refractivity contribution < 1.29 is 0 Å². The lowest BCUT2D eigenvalue weighted by atomic mass is 10.1. The van der Waals surface area contributed by atoms with Gasteiger partial charge in [0.1, 0.15) is 0 Å². The predicted molar refractivity (Wildman–Crippen MR) is 82.4 cm³/mol. The van der Waals surface area contributed by atoms with Crippen molar-refractivity contribution in [1.29, 1.82) is 0 Å². The van der Waals surface area contributed by atoms with Crippen molar-refractivity contribution in [2.75, 3.05) is 7.05 Å². The summed E-state index contributed by atoms with van der Waals surface area (Å²) in [7, 11) is 1.78. The first-order valence-electron chi connectivity index (χ1n) is 6.35. The fourth-order valence-electron chi connectivity index (χ4n) is 1.83. The maximum absolute atomic E-state index is 4.47. The summed E-state index contributed by atoms with van der Waals surface area (Å²) in [6.07, 6.45) is 3.77. The van der Waals surface area contributed by atoms with E-state index in [1.807, 2.05) is 24.6 Å². The van der Waals surface area contributed by atoms with Crippen molar-refractivity contribution in [2.45, 2.75) is 13.5 Å². The molecule has 0 N–H and O–H groups in total. The monoisotopic (exact) mass is 250 g/mol. The van der Waals surface area contributed by atoms with Crippen LogP contribution in [0, 0.1) is 6.92 Å². The molecule has 0 aliphatic carbocycles. The average Bonchev–Trinajstić information content (AvgIpc) is 2.42. The summed E-state index contributed by atoms with van der Waals surface area (Å²) in [5.74, 6) is 0. The third-order valence-electron chi connectivity index (χ3n) is 2.82. The Morgan fingerprint density at radius 1 is 0.947 bits per heavy atom. The predicted octanol–water partition coefficient (Wildman–Crippen LogP) is 3.66. The Morgan fingerprint density at radius 2 is 1.74 bits per heavy atom. The summed E-state index contributed by atoms with van der Waals surface area (Å²) in [5.41, 5.74) is 4.71. The van der Waals surface area contributed by atoms with Crippen LogP contribution in [0.25, 0.3) is 0 Å². The zero-order valence-electron chi connectivity index (χ0n) is 11.4. The molecule has 0 fully saturated rings. The van der Waals surface area contributed by atoms with Crippen LogP contribution in [-0.2, 0) is 6.54 Å². The molecule has 2 heteroatoms. The molecule has 0 unspecified atom stereocenters. The fraction of sp³-hybridized carbons (Fsp3) is 0.176. The molecule has 0 radical (unpaired) electrons. The highest BCUT2D eigenvalue weighted by molar-refractivity contribution is 5.80. The van der Waals surface area contributed by atoms with Gasteiger partial charge in [0, 0.05) is 19.5 Å². The molecule has 19 heavy (non-hydrogen) atoms. The largest absolute Gasteiger partial charge is 0.296 e. The highest BCUT2D eigenvalue weighted by Gasteiger charge is 1.93. The summed E-state index contributed by atoms with van der Waals surface area (Å²) in [6, 6.07) is 16.6. The van der Waals surface area contributed by atoms with Gasteiger partial charge in [0.15, 0.2) is 0 Å². The molecule has 0 atom stereocenters. The van der Waals surface area contributed by atoms with Gasteiger partial charge in [0.05, 0.1) is 6.54 Å². The van der Waals surface area contributed by atoms with Crippen molar-refractivity contribution in [3.8, 4) is 0 Å². The molecule has 96 valence electrons. The lowest BCUT2D eigenvalue weighted by molar-refractivity contribution is 1.08. The van der Waals surface area contributed by atoms with Gasteiger partial charge in [-0.3, -0.25) is 9.98 Å². The molecule has 0 heterocycles. The number of rotatable bonds is 4. The quantitative estimate of drug-likeness (QED) is 0.740. The van der Waals surface area contributed by atoms with E-state index in [9.17, 15) is 0 Å². The van der Waals surface area contributed by atoms with Crippen LogP contribution in [0.15, 0.2) is 58.5 Å². The molecular formula is C17H18N2. The Labute approximate surface area is 114 Å². The third-order valence-corrected chi connectivity index (χ3v) is 2.82. The van der Waals surface area contributed by atoms with Crippen molar-refractivity contribution in [3.05, 3.63) is 70.8 Å². The first-order valence-corrected chi connectivity index (χ1v) is 6.35. The SMILES string of the molecule is C/N=C/c1cccc(C/N=C/c2ccc(C)cc2)c1. The number of nitrogens with zero attached hydrogens (tertiary/aromatic N) is 2. The Balaban J connectivity index is 2.02. The second kappa shape index (κ2) is 6.64. The van der Waals surface area contributed by atoms with Crippen LogP contribution in [0.5, 0.6) is 0 Å². The molecule has 2 rings (SSSR count). The van der Waals surface area contributed by atoms with Gasteiger partial charge in [-0.15, -0.1) is 0 Å². The molecule has 0 amide bonds. The van der Waals surface area contributed by atoms with Crippen molar-refractivity contribution >= 4 is 12.4 Å². The molecule has 0 aromatic heterocycles. The van der Waals surface area contributed by atoms with Gasteiger partial charge < -0.3 is 0 Å². The molecule has 0 saturated carbocycles. The van der Waals surface area contributed by atoms with Crippen molar-refractivity contribution in [1.82, 2.24) is 0 Å². The molecule has 2 aromatic carbocycles. The summed E-state index contributed by atoms with van der Waals surface area (Å²) in [5, 5.41) is 0. The molecule has 0 saturated heterocycles. The van der Waals surface area contributed by atoms with Gasteiger partial charge in [0.25, 0.3) is 0 Å². The lowest BCUT2D eigenvalue weighted by Gasteiger charge is -1.99. The second-order valence-electron chi connectivity index (χ2n) is 4.51. The van der Waals surface area contributed by atoms with Crippen molar-refractivity contribution in [3.63, 3.8) is 0 Å². The van der Waals surface area contributed by atoms with Gasteiger partial charge in [-0.1, -0.05) is 48.0 Å². The van der Waals surface area contributed by atoms with E-state index in [0.29, 0.717) is 6.54 Å². The first kappa shape index (κ1) is 13.2. The van der Waals surface area contributed by atoms with E-state index in [4.69, 9.17) is 0 Å². The normalized spacial score (nSPS) is 11.5. The van der Waals surface area contributed by atoms with E-state index in [0.717, 1.165) is 11.1 Å². The molecule has 0 bridgehead atoms. The fourth-order valence-corrected chi connectivity index (χ4v) is 1.83. The highest BCUT2D eigenvalue weighted by atomic mass is 14.7. The van der Waals surface area contributed by atoms with E-state index in [-0.39, 0.29) is 0 Å². The van der Waals surface area contributed by atoms with Crippen molar-refractivity contribution in [2.24, 2.45) is 9.98 Å². The first-order chi connectivity index (χ1) is 9.28. The van der Waals surface area contributed by atoms with E-state index >= 15 is 0 Å². The standard InChI is InChI=1S/C17H18N2/c1-14-6-8-15(9-7-14)12-19-13-17-5-3-4-16(10-17)11-18-2/h3-12H,13H2,1-2H3/b18-11+,19-12+. The summed E-state index contributed by atoms with van der Waals surface area (Å²) >= 11 is 0. The van der Waals surface area contributed by atoms with Crippen LogP contribution < -0.4 is 0 Å². The summed E-state index contributed by atoms with van der Waals surface area (Å²) in [6.45, 7) is 2.78. The lowest BCUT2D eigenvalue weighted by Crippen LogP contribution is -1.87. The molecule has 0 spiro atoms. The zero-order valence-corrected chi connectivity index (χ0v) is 11.4. The molecule has 0 aliphatic rings. The Hall–Kier alpha value is -2.22. The Bertz CT molecular complexity index is 580. The average molecular weight is 250 g/mol. The van der Waals surface area contributed by atoms with E-state index < -0.39 is 0 Å². The van der Waals surface area contributed by atoms with Crippen LogP contribution in [-0.4, -0.2) is 19.5 Å². The van der Waals surface area contributed by atoms with Gasteiger partial charge in [-0.25, -0.2) is 0 Å². The number of hydrogen-bond donors (Lipinski definition) is 0. The minimum Gasteiger partial charge on any atom is -0.296 e. The van der Waals surface area contributed by atoms with Gasteiger partial charge in [-0.05, 0) is 29.7 Å². The maximum Gasteiger partial charge on any atom is 0.0640 e. The van der Waals surface area contributed by atoms with E-state index in [1.165, 1.54) is 11.1 Å². The van der Waals surface area contributed by atoms with Crippen LogP contribution in [0.1, 0.15) is 22.3 Å². The summed E-state index contributed by atoms with van der Waals surface area (Å²) < 4.78 is 0. The molecule has 2 aromatic rings. The number of hydrogen-bond acceptors (Lipinski definition) is 2. The number of benzene rings is 2. The molecule has 0 aliphatic heterocycles. The third kappa shape index (κ3) is 4.18. The van der Waals surface area contributed by atoms with E-state index in [2.05, 4.69) is 53.3 Å². The van der Waals surface area contributed by atoms with Crippen LogP contribution in [0.3, 0.4) is 0 Å². The van der Waals surface area contributed by atoms with Gasteiger partial charge in [-0.2, -0.15) is 0 Å². The Kier molecular flexibility index (Phi) is 4.62. The second-order valence-corrected chi connectivity index (χ2v) is 4.51. The zero-order chi connectivity index (χ0) is 13.5. The van der Waals surface area contributed by atoms with Crippen LogP contribution in [0.4, 0.5) is 0 Å². The summed E-state index contributed by atoms with van der Waals surface area (Å²) in [4.78, 5) is 8.49. The topological polar surface area (TPSA) is 24.7 Å². The molecular weight excluding hydrogens is 232 g/mol. The van der Waals surface area contributed by atoms with Crippen LogP contribution in [0.2, 0.25) is 0 Å². The molecule has 2 nitrogen and oxygen atoms in total. The van der Waals surface area contributed by atoms with Crippen LogP contribution >= 0.6 is 0 Å².